The smallest absolute Gasteiger partial charge is 0.149 e. The van der Waals surface area contributed by atoms with Gasteiger partial charge in [-0.3, -0.25) is 0 Å². The Hall–Kier alpha value is -0.580. The average molecular weight is 251 g/mol. The lowest BCUT2D eigenvalue weighted by molar-refractivity contribution is 0.318. The highest BCUT2D eigenvalue weighted by Crippen LogP contribution is 2.32. The Bertz CT molecular complexity index is 357. The minimum Gasteiger partial charge on any atom is -0.409 e. The second-order valence-corrected chi connectivity index (χ2v) is 4.23. The van der Waals surface area contributed by atoms with Crippen molar-refractivity contribution in [3.05, 3.63) is 28.2 Å². The van der Waals surface area contributed by atoms with Gasteiger partial charge in [-0.15, -0.1) is 11.8 Å². The number of amidine groups is 1. The molecule has 0 saturated carbocycles. The van der Waals surface area contributed by atoms with Gasteiger partial charge in [-0.25, -0.2) is 0 Å². The zero-order valence-corrected chi connectivity index (χ0v) is 9.40. The van der Waals surface area contributed by atoms with E-state index in [0.29, 0.717) is 15.8 Å². The molecule has 0 aliphatic rings. The van der Waals surface area contributed by atoms with E-state index >= 15 is 0 Å². The molecule has 1 aromatic rings. The molecule has 0 spiro atoms. The summed E-state index contributed by atoms with van der Waals surface area (Å²) in [6.07, 6.45) is 0. The lowest BCUT2D eigenvalue weighted by Gasteiger charge is -2.03. The number of halogens is 2. The summed E-state index contributed by atoms with van der Waals surface area (Å²) in [4.78, 5) is 0.811. The summed E-state index contributed by atoms with van der Waals surface area (Å²) in [6.45, 7) is 0. The molecular weight excluding hydrogens is 243 g/mol. The lowest BCUT2D eigenvalue weighted by atomic mass is 10.4. The van der Waals surface area contributed by atoms with Crippen LogP contribution in [0.5, 0.6) is 0 Å². The summed E-state index contributed by atoms with van der Waals surface area (Å²) >= 11 is 13.1. The first kappa shape index (κ1) is 11.5. The highest BCUT2D eigenvalue weighted by Gasteiger charge is 2.05. The number of thioether (sulfide) groups is 1. The van der Waals surface area contributed by atoms with E-state index in [-0.39, 0.29) is 5.84 Å². The molecule has 0 aromatic heterocycles. The van der Waals surface area contributed by atoms with Crippen molar-refractivity contribution in [2.45, 2.75) is 4.90 Å². The Balaban J connectivity index is 2.73. The molecular formula is C8H8Cl2N2OS. The SMILES string of the molecule is NC(CSc1cccc(Cl)c1Cl)=NO. The monoisotopic (exact) mass is 250 g/mol. The molecule has 0 aliphatic carbocycles. The van der Waals surface area contributed by atoms with Gasteiger partial charge in [-0.05, 0) is 12.1 Å². The molecule has 0 bridgehead atoms. The van der Waals surface area contributed by atoms with Crippen molar-refractivity contribution in [3.8, 4) is 0 Å². The van der Waals surface area contributed by atoms with E-state index in [0.717, 1.165) is 4.90 Å². The fourth-order valence-electron chi connectivity index (χ4n) is 0.776. The largest absolute Gasteiger partial charge is 0.409 e. The van der Waals surface area contributed by atoms with E-state index in [1.807, 2.05) is 6.07 Å². The molecule has 0 aliphatic heterocycles. The molecule has 3 nitrogen and oxygen atoms in total. The molecule has 0 atom stereocenters. The molecule has 3 N–H and O–H groups in total. The van der Waals surface area contributed by atoms with Crippen LogP contribution in [0, 0.1) is 0 Å². The summed E-state index contributed by atoms with van der Waals surface area (Å²) in [7, 11) is 0. The molecule has 0 fully saturated rings. The van der Waals surface area contributed by atoms with Crippen LogP contribution in [0.1, 0.15) is 0 Å². The van der Waals surface area contributed by atoms with Crippen LogP contribution in [0.2, 0.25) is 10.0 Å². The van der Waals surface area contributed by atoms with Crippen molar-refractivity contribution in [1.29, 1.82) is 0 Å². The summed E-state index contributed by atoms with van der Waals surface area (Å²) < 4.78 is 0. The maximum atomic E-state index is 8.33. The fraction of sp³-hybridized carbons (Fsp3) is 0.125. The third-order valence-corrected chi connectivity index (χ3v) is 3.44. The molecule has 1 aromatic carbocycles. The summed E-state index contributed by atoms with van der Waals surface area (Å²) in [5.74, 6) is 0.516. The van der Waals surface area contributed by atoms with E-state index < -0.39 is 0 Å². The third-order valence-electron chi connectivity index (χ3n) is 1.42. The summed E-state index contributed by atoms with van der Waals surface area (Å²) in [5, 5.41) is 12.2. The van der Waals surface area contributed by atoms with Crippen LogP contribution in [-0.2, 0) is 0 Å². The highest BCUT2D eigenvalue weighted by atomic mass is 35.5. The minimum atomic E-state index is 0.144. The van der Waals surface area contributed by atoms with E-state index in [1.54, 1.807) is 12.1 Å². The maximum absolute atomic E-state index is 8.33. The van der Waals surface area contributed by atoms with Crippen molar-refractivity contribution >= 4 is 40.8 Å². The number of nitrogens with two attached hydrogens (primary N) is 1. The first-order valence-corrected chi connectivity index (χ1v) is 5.42. The number of hydrogen-bond acceptors (Lipinski definition) is 3. The van der Waals surface area contributed by atoms with Crippen LogP contribution in [0.4, 0.5) is 0 Å². The summed E-state index contributed by atoms with van der Waals surface area (Å²) in [6, 6.07) is 5.32. The molecule has 0 saturated heterocycles. The van der Waals surface area contributed by atoms with Crippen molar-refractivity contribution in [2.75, 3.05) is 5.75 Å². The predicted molar refractivity (Wildman–Crippen MR) is 60.6 cm³/mol. The highest BCUT2D eigenvalue weighted by molar-refractivity contribution is 8.00. The van der Waals surface area contributed by atoms with Crippen LogP contribution in [-0.4, -0.2) is 16.8 Å². The zero-order chi connectivity index (χ0) is 10.6. The normalized spacial score (nSPS) is 11.7. The van der Waals surface area contributed by atoms with Gasteiger partial charge in [0.25, 0.3) is 0 Å². The topological polar surface area (TPSA) is 58.6 Å². The Morgan fingerprint density at radius 2 is 2.21 bits per heavy atom. The van der Waals surface area contributed by atoms with E-state index in [2.05, 4.69) is 5.16 Å². The van der Waals surface area contributed by atoms with Gasteiger partial charge in [0.2, 0.25) is 0 Å². The van der Waals surface area contributed by atoms with E-state index in [4.69, 9.17) is 34.1 Å². The standard InChI is InChI=1S/C8H8Cl2N2OS/c9-5-2-1-3-6(8(5)10)14-4-7(11)12-13/h1-3,13H,4H2,(H2,11,12). The Kier molecular flexibility index (Phi) is 4.38. The Labute approximate surface area is 95.9 Å². The second kappa shape index (κ2) is 5.34. The maximum Gasteiger partial charge on any atom is 0.149 e. The van der Waals surface area contributed by atoms with Gasteiger partial charge in [-0.2, -0.15) is 0 Å². The summed E-state index contributed by atoms with van der Waals surface area (Å²) in [5.41, 5.74) is 5.31. The molecule has 0 unspecified atom stereocenters. The van der Waals surface area contributed by atoms with Crippen LogP contribution in [0.3, 0.4) is 0 Å². The quantitative estimate of drug-likeness (QED) is 0.285. The fourth-order valence-corrected chi connectivity index (χ4v) is 2.07. The first-order valence-electron chi connectivity index (χ1n) is 3.68. The first-order chi connectivity index (χ1) is 6.65. The molecule has 6 heteroatoms. The number of nitrogens with zero attached hydrogens (tertiary/aromatic N) is 1. The number of benzene rings is 1. The molecule has 14 heavy (non-hydrogen) atoms. The van der Waals surface area contributed by atoms with Crippen LogP contribution >= 0.6 is 35.0 Å². The average Bonchev–Trinajstić information content (AvgIpc) is 2.20. The van der Waals surface area contributed by atoms with Gasteiger partial charge >= 0.3 is 0 Å². The molecule has 1 rings (SSSR count). The Morgan fingerprint density at radius 3 is 2.86 bits per heavy atom. The molecule has 0 heterocycles. The number of hydrogen-bond donors (Lipinski definition) is 2. The number of oxime groups is 1. The second-order valence-electron chi connectivity index (χ2n) is 2.43. The van der Waals surface area contributed by atoms with Gasteiger partial charge in [-0.1, -0.05) is 34.4 Å². The minimum absolute atomic E-state index is 0.144. The Morgan fingerprint density at radius 1 is 1.50 bits per heavy atom. The van der Waals surface area contributed by atoms with Gasteiger partial charge in [0, 0.05) is 4.90 Å². The van der Waals surface area contributed by atoms with Gasteiger partial charge in [0.15, 0.2) is 0 Å². The predicted octanol–water partition coefficient (Wildman–Crippen LogP) is 2.83. The van der Waals surface area contributed by atoms with Crippen molar-refractivity contribution in [2.24, 2.45) is 10.9 Å². The molecule has 76 valence electrons. The van der Waals surface area contributed by atoms with Gasteiger partial charge in [0.05, 0.1) is 15.8 Å². The van der Waals surface area contributed by atoms with E-state index in [1.165, 1.54) is 11.8 Å². The zero-order valence-electron chi connectivity index (χ0n) is 7.08. The molecule has 0 radical (unpaired) electrons. The number of rotatable bonds is 3. The third kappa shape index (κ3) is 2.97. The van der Waals surface area contributed by atoms with Gasteiger partial charge in [0.1, 0.15) is 5.84 Å². The van der Waals surface area contributed by atoms with Crippen molar-refractivity contribution in [1.82, 2.24) is 0 Å². The van der Waals surface area contributed by atoms with Crippen molar-refractivity contribution in [3.63, 3.8) is 0 Å². The van der Waals surface area contributed by atoms with Crippen molar-refractivity contribution < 1.29 is 5.21 Å². The molecule has 0 amide bonds. The van der Waals surface area contributed by atoms with Crippen LogP contribution in [0.15, 0.2) is 28.3 Å². The van der Waals surface area contributed by atoms with Crippen LogP contribution < -0.4 is 5.73 Å². The van der Waals surface area contributed by atoms with Crippen LogP contribution in [0.25, 0.3) is 0 Å². The van der Waals surface area contributed by atoms with Gasteiger partial charge < -0.3 is 10.9 Å². The lowest BCUT2D eigenvalue weighted by Crippen LogP contribution is -2.14. The van der Waals surface area contributed by atoms with E-state index in [9.17, 15) is 0 Å².